The minimum atomic E-state index is -0.797. The zero-order valence-electron chi connectivity index (χ0n) is 12.4. The SMILES string of the molecule is Cc1ccc2c(c1)N(CCN(C)C)C(=O)C(C)(C)O2. The molecule has 1 aromatic carbocycles. The Balaban J connectivity index is 2.39. The van der Waals surface area contributed by atoms with E-state index in [1.165, 1.54) is 0 Å². The number of rotatable bonds is 3. The van der Waals surface area contributed by atoms with Crippen LogP contribution >= 0.6 is 0 Å². The number of amides is 1. The Kier molecular flexibility index (Phi) is 3.54. The molecule has 0 unspecified atom stereocenters. The predicted molar refractivity (Wildman–Crippen MR) is 76.8 cm³/mol. The van der Waals surface area contributed by atoms with Crippen molar-refractivity contribution in [3.63, 3.8) is 0 Å². The summed E-state index contributed by atoms with van der Waals surface area (Å²) < 4.78 is 5.82. The largest absolute Gasteiger partial charge is 0.476 e. The number of ether oxygens (including phenoxy) is 1. The molecule has 1 heterocycles. The molecular weight excluding hydrogens is 240 g/mol. The Bertz CT molecular complexity index is 495. The first kappa shape index (κ1) is 13.9. The van der Waals surface area contributed by atoms with Crippen molar-refractivity contribution in [2.75, 3.05) is 32.1 Å². The Hall–Kier alpha value is -1.55. The lowest BCUT2D eigenvalue weighted by molar-refractivity contribution is -0.132. The van der Waals surface area contributed by atoms with Gasteiger partial charge in [0, 0.05) is 13.1 Å². The maximum absolute atomic E-state index is 12.5. The van der Waals surface area contributed by atoms with Crippen molar-refractivity contribution in [1.82, 2.24) is 4.90 Å². The van der Waals surface area contributed by atoms with Crippen molar-refractivity contribution in [2.45, 2.75) is 26.4 Å². The van der Waals surface area contributed by atoms with E-state index in [2.05, 4.69) is 4.90 Å². The molecule has 0 aromatic heterocycles. The topological polar surface area (TPSA) is 32.8 Å². The lowest BCUT2D eigenvalue weighted by Crippen LogP contribution is -2.53. The highest BCUT2D eigenvalue weighted by molar-refractivity contribution is 6.02. The minimum Gasteiger partial charge on any atom is -0.476 e. The summed E-state index contributed by atoms with van der Waals surface area (Å²) in [4.78, 5) is 16.4. The molecule has 104 valence electrons. The molecule has 4 heteroatoms. The molecule has 0 fully saturated rings. The van der Waals surface area contributed by atoms with Crippen LogP contribution in [0, 0.1) is 6.92 Å². The highest BCUT2D eigenvalue weighted by atomic mass is 16.5. The van der Waals surface area contributed by atoms with Gasteiger partial charge in [-0.25, -0.2) is 0 Å². The van der Waals surface area contributed by atoms with E-state index in [1.807, 2.05) is 58.0 Å². The number of anilines is 1. The first-order valence-corrected chi connectivity index (χ1v) is 6.57. The maximum atomic E-state index is 12.5. The predicted octanol–water partition coefficient (Wildman–Crippen LogP) is 2.06. The molecule has 1 aliphatic rings. The summed E-state index contributed by atoms with van der Waals surface area (Å²) in [5, 5.41) is 0. The van der Waals surface area contributed by atoms with Gasteiger partial charge >= 0.3 is 0 Å². The minimum absolute atomic E-state index is 0.0208. The van der Waals surface area contributed by atoms with Crippen LogP contribution < -0.4 is 9.64 Å². The molecule has 2 rings (SSSR count). The first-order valence-electron chi connectivity index (χ1n) is 6.57. The third kappa shape index (κ3) is 2.73. The van der Waals surface area contributed by atoms with E-state index in [-0.39, 0.29) is 5.91 Å². The maximum Gasteiger partial charge on any atom is 0.270 e. The number of benzene rings is 1. The molecule has 0 saturated heterocycles. The molecule has 1 aliphatic heterocycles. The van der Waals surface area contributed by atoms with Crippen LogP contribution in [0.15, 0.2) is 18.2 Å². The van der Waals surface area contributed by atoms with Gasteiger partial charge in [0.15, 0.2) is 5.60 Å². The fraction of sp³-hybridized carbons (Fsp3) is 0.533. The molecule has 0 atom stereocenters. The second-order valence-corrected chi connectivity index (χ2v) is 5.84. The number of likely N-dealkylation sites (N-methyl/N-ethyl adjacent to an activating group) is 1. The third-order valence-electron chi connectivity index (χ3n) is 3.30. The normalized spacial score (nSPS) is 17.4. The lowest BCUT2D eigenvalue weighted by Gasteiger charge is -2.39. The molecule has 0 saturated carbocycles. The fourth-order valence-electron chi connectivity index (χ4n) is 2.20. The fourth-order valence-corrected chi connectivity index (χ4v) is 2.20. The highest BCUT2D eigenvalue weighted by Gasteiger charge is 2.40. The number of nitrogens with zero attached hydrogens (tertiary/aromatic N) is 2. The van der Waals surface area contributed by atoms with Gasteiger partial charge in [-0.05, 0) is 52.6 Å². The Morgan fingerprint density at radius 1 is 1.32 bits per heavy atom. The Morgan fingerprint density at radius 2 is 2.00 bits per heavy atom. The van der Waals surface area contributed by atoms with Crippen LogP contribution in [0.25, 0.3) is 0 Å². The van der Waals surface area contributed by atoms with E-state index in [0.29, 0.717) is 6.54 Å². The van der Waals surface area contributed by atoms with Crippen LogP contribution in [0.2, 0.25) is 0 Å². The van der Waals surface area contributed by atoms with Gasteiger partial charge < -0.3 is 14.5 Å². The second kappa shape index (κ2) is 4.85. The standard InChI is InChI=1S/C15H22N2O2/c1-11-6-7-13-12(10-11)17(9-8-16(4)5)14(18)15(2,3)19-13/h6-7,10H,8-9H2,1-5H3. The van der Waals surface area contributed by atoms with E-state index >= 15 is 0 Å². The monoisotopic (exact) mass is 262 g/mol. The summed E-state index contributed by atoms with van der Waals surface area (Å²) in [5.41, 5.74) is 1.21. The zero-order valence-corrected chi connectivity index (χ0v) is 12.4. The zero-order chi connectivity index (χ0) is 14.2. The lowest BCUT2D eigenvalue weighted by atomic mass is 10.0. The molecule has 0 aliphatic carbocycles. The average Bonchev–Trinajstić information content (AvgIpc) is 2.30. The van der Waals surface area contributed by atoms with Crippen LogP contribution in [-0.4, -0.2) is 43.6 Å². The molecule has 4 nitrogen and oxygen atoms in total. The van der Waals surface area contributed by atoms with Crippen LogP contribution in [0.4, 0.5) is 5.69 Å². The van der Waals surface area contributed by atoms with Gasteiger partial charge in [-0.2, -0.15) is 0 Å². The summed E-state index contributed by atoms with van der Waals surface area (Å²) in [5.74, 6) is 0.807. The van der Waals surface area contributed by atoms with Crippen LogP contribution in [0.5, 0.6) is 5.75 Å². The summed E-state index contributed by atoms with van der Waals surface area (Å²) in [7, 11) is 4.01. The van der Waals surface area contributed by atoms with Crippen molar-refractivity contribution < 1.29 is 9.53 Å². The summed E-state index contributed by atoms with van der Waals surface area (Å²) in [6.45, 7) is 7.17. The third-order valence-corrected chi connectivity index (χ3v) is 3.30. The van der Waals surface area contributed by atoms with Crippen LogP contribution in [0.3, 0.4) is 0 Å². The molecule has 0 radical (unpaired) electrons. The first-order chi connectivity index (χ1) is 8.81. The van der Waals surface area contributed by atoms with Gasteiger partial charge in [0.2, 0.25) is 0 Å². The van der Waals surface area contributed by atoms with E-state index in [1.54, 1.807) is 0 Å². The van der Waals surface area contributed by atoms with E-state index in [0.717, 1.165) is 23.5 Å². The number of hydrogen-bond donors (Lipinski definition) is 0. The van der Waals surface area contributed by atoms with Crippen molar-refractivity contribution >= 4 is 11.6 Å². The van der Waals surface area contributed by atoms with Gasteiger partial charge in [-0.1, -0.05) is 6.07 Å². The van der Waals surface area contributed by atoms with E-state index in [9.17, 15) is 4.79 Å². The molecule has 1 amide bonds. The van der Waals surface area contributed by atoms with Gasteiger partial charge in [0.25, 0.3) is 5.91 Å². The van der Waals surface area contributed by atoms with Gasteiger partial charge in [0.05, 0.1) is 5.69 Å². The van der Waals surface area contributed by atoms with Crippen molar-refractivity contribution in [3.05, 3.63) is 23.8 Å². The summed E-state index contributed by atoms with van der Waals surface area (Å²) in [6, 6.07) is 5.97. The van der Waals surface area contributed by atoms with Gasteiger partial charge in [0.1, 0.15) is 5.75 Å². The number of carbonyl (C=O) groups excluding carboxylic acids is 1. The quantitative estimate of drug-likeness (QED) is 0.836. The molecule has 19 heavy (non-hydrogen) atoms. The number of aryl methyl sites for hydroxylation is 1. The second-order valence-electron chi connectivity index (χ2n) is 5.84. The van der Waals surface area contributed by atoms with E-state index in [4.69, 9.17) is 4.74 Å². The molecule has 0 N–H and O–H groups in total. The van der Waals surface area contributed by atoms with Crippen molar-refractivity contribution in [3.8, 4) is 5.75 Å². The van der Waals surface area contributed by atoms with Crippen LogP contribution in [0.1, 0.15) is 19.4 Å². The van der Waals surface area contributed by atoms with Gasteiger partial charge in [-0.15, -0.1) is 0 Å². The van der Waals surface area contributed by atoms with Crippen molar-refractivity contribution in [1.29, 1.82) is 0 Å². The molecule has 0 spiro atoms. The van der Waals surface area contributed by atoms with E-state index < -0.39 is 5.60 Å². The smallest absolute Gasteiger partial charge is 0.270 e. The van der Waals surface area contributed by atoms with Crippen molar-refractivity contribution in [2.24, 2.45) is 0 Å². The van der Waals surface area contributed by atoms with Gasteiger partial charge in [-0.3, -0.25) is 4.79 Å². The Morgan fingerprint density at radius 3 is 2.63 bits per heavy atom. The number of carbonyl (C=O) groups is 1. The Labute approximate surface area is 115 Å². The van der Waals surface area contributed by atoms with Crippen LogP contribution in [-0.2, 0) is 4.79 Å². The summed E-state index contributed by atoms with van der Waals surface area (Å²) >= 11 is 0. The highest BCUT2D eigenvalue weighted by Crippen LogP contribution is 2.38. The molecular formula is C15H22N2O2. The molecule has 1 aromatic rings. The summed E-state index contributed by atoms with van der Waals surface area (Å²) in [6.07, 6.45) is 0. The number of fused-ring (bicyclic) bond motifs is 1. The number of hydrogen-bond acceptors (Lipinski definition) is 3. The average molecular weight is 262 g/mol. The molecule has 0 bridgehead atoms.